The van der Waals surface area contributed by atoms with Gasteiger partial charge in [-0.15, -0.1) is 5.10 Å². The lowest BCUT2D eigenvalue weighted by Crippen LogP contribution is -2.47. The highest BCUT2D eigenvalue weighted by Crippen LogP contribution is 2.42. The van der Waals surface area contributed by atoms with Crippen LogP contribution in [-0.4, -0.2) is 88.6 Å². The summed E-state index contributed by atoms with van der Waals surface area (Å²) in [5, 5.41) is 14.4. The van der Waals surface area contributed by atoms with Crippen molar-refractivity contribution >= 4 is 34.8 Å². The van der Waals surface area contributed by atoms with Crippen molar-refractivity contribution in [3.8, 4) is 34.3 Å². The minimum atomic E-state index is -1.44. The number of carboxylic acid groups (broad SMARTS) is 1. The second-order valence-corrected chi connectivity index (χ2v) is 12.5. The van der Waals surface area contributed by atoms with Gasteiger partial charge in [-0.05, 0) is 48.6 Å². The van der Waals surface area contributed by atoms with Crippen molar-refractivity contribution in [2.45, 2.75) is 25.3 Å². The lowest BCUT2D eigenvalue weighted by Gasteiger charge is -2.36. The first kappa shape index (κ1) is 33.2. The number of aromatic nitrogens is 4. The Hall–Kier alpha value is -5.28. The largest absolute Gasteiger partial charge is 0.493 e. The lowest BCUT2D eigenvalue weighted by atomic mass is 10.1. The Bertz CT molecular complexity index is 2210. The van der Waals surface area contributed by atoms with Crippen LogP contribution in [0.4, 0.5) is 14.5 Å². The van der Waals surface area contributed by atoms with Crippen molar-refractivity contribution < 1.29 is 32.9 Å². The fourth-order valence-corrected chi connectivity index (χ4v) is 6.78. The Morgan fingerprint density at radius 1 is 1.00 bits per heavy atom. The van der Waals surface area contributed by atoms with Crippen LogP contribution in [0.25, 0.3) is 28.0 Å². The zero-order valence-corrected chi connectivity index (χ0v) is 28.3. The fourth-order valence-electron chi connectivity index (χ4n) is 6.49. The number of halogens is 2. The standard InChI is InChI=1S/C35H34F2N6O6S/c1-47-29-13-20(14-30(48-2)32(29)49-3)33-38-42(35(50)43(33)21-7-5-4-6-8-21)19-39-9-11-40(12-10-39)27-17-26-22(15-24(27)36)31(44)23(34(45)46)18-41(26)28-16-25(28)37/h4-8,13-15,17-18,25,28H,9-12,16,19H2,1-3H3,(H,45,46)/t25-,28+/m0/s1. The van der Waals surface area contributed by atoms with Crippen molar-refractivity contribution in [2.24, 2.45) is 0 Å². The first-order valence-electron chi connectivity index (χ1n) is 15.9. The minimum Gasteiger partial charge on any atom is -0.493 e. The Kier molecular flexibility index (Phi) is 8.78. The van der Waals surface area contributed by atoms with E-state index in [1.54, 1.807) is 26.0 Å². The van der Waals surface area contributed by atoms with Gasteiger partial charge in [-0.1, -0.05) is 18.2 Å². The maximum absolute atomic E-state index is 15.6. The number of aromatic carboxylic acids is 1. The quantitative estimate of drug-likeness (QED) is 0.192. The van der Waals surface area contributed by atoms with Crippen LogP contribution in [0, 0.1) is 10.6 Å². The van der Waals surface area contributed by atoms with Gasteiger partial charge in [0.15, 0.2) is 17.3 Å². The Labute approximate surface area is 290 Å². The summed E-state index contributed by atoms with van der Waals surface area (Å²) in [6, 6.07) is 15.3. The zero-order valence-electron chi connectivity index (χ0n) is 27.5. The Balaban J connectivity index is 1.18. The number of pyridine rings is 1. The molecule has 50 heavy (non-hydrogen) atoms. The van der Waals surface area contributed by atoms with E-state index >= 15 is 4.39 Å². The number of hydrogen-bond acceptors (Lipinski definition) is 9. The first-order valence-corrected chi connectivity index (χ1v) is 16.3. The molecule has 2 atom stereocenters. The number of rotatable bonds is 10. The summed E-state index contributed by atoms with van der Waals surface area (Å²) in [6.07, 6.45) is 0.207. The number of fused-ring (bicyclic) bond motifs is 1. The average molecular weight is 705 g/mol. The number of carboxylic acids is 1. The van der Waals surface area contributed by atoms with E-state index in [1.807, 2.05) is 51.9 Å². The summed E-state index contributed by atoms with van der Waals surface area (Å²) in [5.41, 5.74) is 0.777. The van der Waals surface area contributed by atoms with E-state index in [0.717, 1.165) is 11.8 Å². The predicted molar refractivity (Wildman–Crippen MR) is 185 cm³/mol. The molecule has 1 aliphatic carbocycles. The van der Waals surface area contributed by atoms with Gasteiger partial charge < -0.3 is 28.8 Å². The van der Waals surface area contributed by atoms with Crippen molar-refractivity contribution in [3.63, 3.8) is 0 Å². The predicted octanol–water partition coefficient (Wildman–Crippen LogP) is 5.31. The Morgan fingerprint density at radius 3 is 2.24 bits per heavy atom. The molecule has 7 rings (SSSR count). The number of benzene rings is 3. The number of alkyl halides is 1. The molecule has 2 aromatic heterocycles. The molecular formula is C35H34F2N6O6S. The highest BCUT2D eigenvalue weighted by molar-refractivity contribution is 7.71. The number of ether oxygens (including phenoxy) is 3. The van der Waals surface area contributed by atoms with Gasteiger partial charge in [0.1, 0.15) is 17.6 Å². The van der Waals surface area contributed by atoms with Gasteiger partial charge in [-0.3, -0.25) is 14.3 Å². The molecule has 3 heterocycles. The van der Waals surface area contributed by atoms with Gasteiger partial charge in [0.25, 0.3) is 0 Å². The number of carbonyl (C=O) groups is 1. The zero-order chi connectivity index (χ0) is 35.3. The molecule has 15 heteroatoms. The number of methoxy groups -OCH3 is 3. The second-order valence-electron chi connectivity index (χ2n) is 12.2. The average Bonchev–Trinajstić information content (AvgIpc) is 3.77. The van der Waals surface area contributed by atoms with E-state index in [-0.39, 0.29) is 17.5 Å². The Morgan fingerprint density at radius 2 is 1.66 bits per heavy atom. The van der Waals surface area contributed by atoms with Gasteiger partial charge in [0.2, 0.25) is 15.9 Å². The van der Waals surface area contributed by atoms with Crippen LogP contribution in [0.15, 0.2) is 65.6 Å². The lowest BCUT2D eigenvalue weighted by molar-refractivity contribution is 0.0694. The van der Waals surface area contributed by atoms with E-state index in [4.69, 9.17) is 31.5 Å². The number of hydrogen-bond donors (Lipinski definition) is 1. The van der Waals surface area contributed by atoms with Crippen LogP contribution in [0.1, 0.15) is 22.8 Å². The monoisotopic (exact) mass is 704 g/mol. The number of nitrogens with zero attached hydrogens (tertiary/aromatic N) is 6. The molecule has 260 valence electrons. The van der Waals surface area contributed by atoms with Crippen LogP contribution < -0.4 is 24.5 Å². The molecular weight excluding hydrogens is 670 g/mol. The van der Waals surface area contributed by atoms with E-state index in [9.17, 15) is 19.1 Å². The highest BCUT2D eigenvalue weighted by atomic mass is 32.1. The van der Waals surface area contributed by atoms with E-state index < -0.39 is 35.0 Å². The van der Waals surface area contributed by atoms with E-state index in [1.165, 1.54) is 16.8 Å². The van der Waals surface area contributed by atoms with Gasteiger partial charge in [-0.2, -0.15) is 0 Å². The normalized spacial score (nSPS) is 17.6. The van der Waals surface area contributed by atoms with Gasteiger partial charge in [0.05, 0.1) is 45.2 Å². The third-order valence-electron chi connectivity index (χ3n) is 9.19. The van der Waals surface area contributed by atoms with Gasteiger partial charge >= 0.3 is 5.97 Å². The summed E-state index contributed by atoms with van der Waals surface area (Å²) in [4.78, 5) is 28.7. The van der Waals surface area contributed by atoms with Crippen molar-refractivity contribution in [3.05, 3.63) is 87.2 Å². The molecule has 2 aliphatic rings. The maximum atomic E-state index is 15.6. The summed E-state index contributed by atoms with van der Waals surface area (Å²) < 4.78 is 52.0. The molecule has 0 radical (unpaired) electrons. The smallest absolute Gasteiger partial charge is 0.341 e. The molecule has 1 aliphatic heterocycles. The first-order chi connectivity index (χ1) is 24.1. The summed E-state index contributed by atoms with van der Waals surface area (Å²) in [5.74, 6) is -0.119. The minimum absolute atomic E-state index is 0.0878. The van der Waals surface area contributed by atoms with E-state index in [2.05, 4.69) is 4.90 Å². The van der Waals surface area contributed by atoms with Crippen molar-refractivity contribution in [2.75, 3.05) is 52.4 Å². The molecule has 2 fully saturated rings. The molecule has 0 unspecified atom stereocenters. The SMILES string of the molecule is COc1cc(-c2nn(CN3CCN(c4cc5c(cc4F)c(=O)c(C(=O)O)cn5[C@@H]4C[C@@H]4F)CC3)c(=S)n2-c2ccccc2)cc(OC)c1OC. The molecule has 5 aromatic rings. The molecule has 0 amide bonds. The molecule has 0 bridgehead atoms. The third kappa shape index (κ3) is 5.85. The van der Waals surface area contributed by atoms with Crippen molar-refractivity contribution in [1.29, 1.82) is 0 Å². The number of para-hydroxylation sites is 1. The summed E-state index contributed by atoms with van der Waals surface area (Å²) >= 11 is 5.98. The summed E-state index contributed by atoms with van der Waals surface area (Å²) in [7, 11) is 4.64. The van der Waals surface area contributed by atoms with Crippen molar-refractivity contribution in [1.82, 2.24) is 23.8 Å². The molecule has 1 saturated carbocycles. The van der Waals surface area contributed by atoms with Gasteiger partial charge in [-0.25, -0.2) is 18.3 Å². The molecule has 3 aromatic carbocycles. The van der Waals surface area contributed by atoms with E-state index in [0.29, 0.717) is 71.8 Å². The van der Waals surface area contributed by atoms with Crippen LogP contribution in [0.2, 0.25) is 0 Å². The number of piperazine rings is 1. The third-order valence-corrected chi connectivity index (χ3v) is 9.59. The molecule has 1 N–H and O–H groups in total. The molecule has 1 saturated heterocycles. The summed E-state index contributed by atoms with van der Waals surface area (Å²) in [6.45, 7) is 2.33. The number of anilines is 1. The van der Waals surface area contributed by atoms with Crippen LogP contribution in [-0.2, 0) is 6.67 Å². The molecule has 0 spiro atoms. The fraction of sp³-hybridized carbons (Fsp3) is 0.314. The van der Waals surface area contributed by atoms with Crippen LogP contribution in [0.3, 0.4) is 0 Å². The highest BCUT2D eigenvalue weighted by Gasteiger charge is 2.40. The molecule has 12 nitrogen and oxygen atoms in total. The van der Waals surface area contributed by atoms with Gasteiger partial charge in [0, 0.05) is 55.4 Å². The topological polar surface area (TPSA) is 116 Å². The van der Waals surface area contributed by atoms with Crippen LogP contribution in [0.5, 0.6) is 17.2 Å². The second kappa shape index (κ2) is 13.2. The van der Waals surface area contributed by atoms with Crippen LogP contribution >= 0.6 is 12.2 Å². The maximum Gasteiger partial charge on any atom is 0.341 e.